The Morgan fingerprint density at radius 3 is 1.81 bits per heavy atom. The van der Waals surface area contributed by atoms with Gasteiger partial charge in [0.2, 0.25) is 0 Å². The van der Waals surface area contributed by atoms with Crippen molar-refractivity contribution in [2.45, 2.75) is 0 Å². The van der Waals surface area contributed by atoms with E-state index in [0.29, 0.717) is 0 Å². The van der Waals surface area contributed by atoms with Crippen molar-refractivity contribution in [2.24, 2.45) is 0 Å². The molecule has 0 saturated heterocycles. The van der Waals surface area contributed by atoms with Gasteiger partial charge in [0.1, 0.15) is 5.58 Å². The fourth-order valence-electron chi connectivity index (χ4n) is 7.57. The summed E-state index contributed by atoms with van der Waals surface area (Å²) in [5, 5.41) is 12.2. The number of fused-ring (bicyclic) bond motifs is 10. The van der Waals surface area contributed by atoms with Gasteiger partial charge in [-0.2, -0.15) is 0 Å². The number of nitrogens with zero attached hydrogens (tertiary/aromatic N) is 1. The summed E-state index contributed by atoms with van der Waals surface area (Å²) in [5.74, 6) is 0. The highest BCUT2D eigenvalue weighted by Crippen LogP contribution is 2.45. The van der Waals surface area contributed by atoms with Crippen molar-refractivity contribution < 1.29 is 4.42 Å². The third-order valence-corrected chi connectivity index (χ3v) is 9.80. The van der Waals surface area contributed by atoms with Crippen molar-refractivity contribution in [1.82, 2.24) is 0 Å². The highest BCUT2D eigenvalue weighted by atomic mass is 16.3. The van der Waals surface area contributed by atoms with E-state index in [2.05, 4.69) is 181 Å². The van der Waals surface area contributed by atoms with E-state index in [1.165, 1.54) is 54.2 Å². The van der Waals surface area contributed by atoms with Crippen LogP contribution in [0.2, 0.25) is 0 Å². The first kappa shape index (κ1) is 26.8. The highest BCUT2D eigenvalue weighted by molar-refractivity contribution is 6.21. The van der Waals surface area contributed by atoms with Crippen LogP contribution in [0, 0.1) is 0 Å². The Hall–Kier alpha value is -6.38. The first-order valence-corrected chi connectivity index (χ1v) is 16.4. The van der Waals surface area contributed by atoms with Crippen LogP contribution in [0.3, 0.4) is 0 Å². The molecule has 0 aliphatic heterocycles. The molecule has 0 spiro atoms. The van der Waals surface area contributed by atoms with Crippen LogP contribution < -0.4 is 4.90 Å². The number of hydrogen-bond donors (Lipinski definition) is 0. The maximum Gasteiger partial charge on any atom is 0.159 e. The molecule has 0 unspecified atom stereocenters. The zero-order valence-corrected chi connectivity index (χ0v) is 26.1. The highest BCUT2D eigenvalue weighted by Gasteiger charge is 2.21. The molecule has 2 nitrogen and oxygen atoms in total. The predicted octanol–water partition coefficient (Wildman–Crippen LogP) is 13.3. The minimum atomic E-state index is 0.874. The molecular formula is C46H29NO. The SMILES string of the molecule is c1ccc(-c2cccc(N(c3ccc4c(ccc5c6ccccc6ccc45)c3)c3cccc4c3oc3ccc5ccccc5c34)c2)cc1. The fourth-order valence-corrected chi connectivity index (χ4v) is 7.57. The third kappa shape index (κ3) is 4.13. The Morgan fingerprint density at radius 2 is 0.958 bits per heavy atom. The Balaban J connectivity index is 1.23. The largest absolute Gasteiger partial charge is 0.454 e. The molecule has 0 N–H and O–H groups in total. The van der Waals surface area contributed by atoms with Crippen LogP contribution in [-0.2, 0) is 0 Å². The van der Waals surface area contributed by atoms with E-state index in [1.807, 2.05) is 0 Å². The second kappa shape index (κ2) is 10.6. The second-order valence-corrected chi connectivity index (χ2v) is 12.5. The lowest BCUT2D eigenvalue weighted by atomic mass is 9.96. The standard InChI is InChI=1S/C46H29NO/c1-2-10-30(11-3-1)33-14-8-15-35(28-33)47(43-19-9-18-42-45-39-17-7-5-13-32(39)22-27-44(45)48-46(42)43)36-23-26-38-34(29-36)21-25-40-37-16-6-4-12-31(37)20-24-41(38)40/h1-29H. The van der Waals surface area contributed by atoms with Crippen molar-refractivity contribution >= 4 is 82.1 Å². The summed E-state index contributed by atoms with van der Waals surface area (Å²) < 4.78 is 6.77. The van der Waals surface area contributed by atoms with Gasteiger partial charge in [-0.1, -0.05) is 140 Å². The van der Waals surface area contributed by atoms with E-state index in [4.69, 9.17) is 4.42 Å². The first-order valence-electron chi connectivity index (χ1n) is 16.4. The molecule has 0 saturated carbocycles. The number of furan rings is 1. The van der Waals surface area contributed by atoms with Crippen molar-refractivity contribution in [3.63, 3.8) is 0 Å². The molecule has 0 bridgehead atoms. The zero-order valence-electron chi connectivity index (χ0n) is 26.1. The molecule has 48 heavy (non-hydrogen) atoms. The van der Waals surface area contributed by atoms with E-state index in [9.17, 15) is 0 Å². The van der Waals surface area contributed by atoms with E-state index < -0.39 is 0 Å². The van der Waals surface area contributed by atoms with Crippen LogP contribution >= 0.6 is 0 Å². The van der Waals surface area contributed by atoms with Gasteiger partial charge in [0, 0.05) is 22.1 Å². The summed E-state index contributed by atoms with van der Waals surface area (Å²) in [6.07, 6.45) is 0. The van der Waals surface area contributed by atoms with Crippen LogP contribution in [0.4, 0.5) is 17.1 Å². The summed E-state index contributed by atoms with van der Waals surface area (Å²) in [6, 6.07) is 63.2. The molecule has 2 heteroatoms. The molecule has 9 aromatic carbocycles. The van der Waals surface area contributed by atoms with Crippen LogP contribution in [0.1, 0.15) is 0 Å². The molecule has 0 aliphatic rings. The number of hydrogen-bond acceptors (Lipinski definition) is 2. The molecule has 1 heterocycles. The second-order valence-electron chi connectivity index (χ2n) is 12.5. The van der Waals surface area contributed by atoms with Gasteiger partial charge < -0.3 is 9.32 Å². The maximum atomic E-state index is 6.77. The smallest absolute Gasteiger partial charge is 0.159 e. The minimum absolute atomic E-state index is 0.874. The predicted molar refractivity (Wildman–Crippen MR) is 204 cm³/mol. The quantitative estimate of drug-likeness (QED) is 0.184. The van der Waals surface area contributed by atoms with Gasteiger partial charge in [-0.05, 0) is 90.6 Å². The number of para-hydroxylation sites is 1. The van der Waals surface area contributed by atoms with Crippen LogP contribution in [-0.4, -0.2) is 0 Å². The van der Waals surface area contributed by atoms with Crippen molar-refractivity contribution in [3.8, 4) is 11.1 Å². The van der Waals surface area contributed by atoms with E-state index in [-0.39, 0.29) is 0 Å². The average molecular weight is 612 g/mol. The molecule has 10 rings (SSSR count). The molecule has 1 aromatic heterocycles. The number of rotatable bonds is 4. The lowest BCUT2D eigenvalue weighted by Crippen LogP contribution is -2.10. The summed E-state index contributed by atoms with van der Waals surface area (Å²) in [7, 11) is 0. The Labute approximate surface area is 277 Å². The monoisotopic (exact) mass is 611 g/mol. The van der Waals surface area contributed by atoms with Gasteiger partial charge in [0.25, 0.3) is 0 Å². The molecule has 0 radical (unpaired) electrons. The van der Waals surface area contributed by atoms with Gasteiger partial charge in [-0.25, -0.2) is 0 Å². The van der Waals surface area contributed by atoms with E-state index >= 15 is 0 Å². The van der Waals surface area contributed by atoms with E-state index in [0.717, 1.165) is 39.0 Å². The topological polar surface area (TPSA) is 16.4 Å². The summed E-state index contributed by atoms with van der Waals surface area (Å²) >= 11 is 0. The normalized spacial score (nSPS) is 11.8. The van der Waals surface area contributed by atoms with Crippen molar-refractivity contribution in [2.75, 3.05) is 4.90 Å². The molecule has 0 atom stereocenters. The third-order valence-electron chi connectivity index (χ3n) is 9.80. The average Bonchev–Trinajstić information content (AvgIpc) is 3.55. The van der Waals surface area contributed by atoms with Gasteiger partial charge >= 0.3 is 0 Å². The maximum absolute atomic E-state index is 6.77. The Morgan fingerprint density at radius 1 is 0.354 bits per heavy atom. The van der Waals surface area contributed by atoms with Crippen LogP contribution in [0.15, 0.2) is 180 Å². The summed E-state index contributed by atoms with van der Waals surface area (Å²) in [6.45, 7) is 0. The van der Waals surface area contributed by atoms with Gasteiger partial charge in [-0.3, -0.25) is 0 Å². The molecule has 10 aromatic rings. The molecule has 224 valence electrons. The van der Waals surface area contributed by atoms with Gasteiger partial charge in [0.15, 0.2) is 5.58 Å². The van der Waals surface area contributed by atoms with Crippen molar-refractivity contribution in [1.29, 1.82) is 0 Å². The Kier molecular flexibility index (Phi) is 5.91. The van der Waals surface area contributed by atoms with E-state index in [1.54, 1.807) is 0 Å². The minimum Gasteiger partial charge on any atom is -0.454 e. The molecule has 0 amide bonds. The summed E-state index contributed by atoms with van der Waals surface area (Å²) in [4.78, 5) is 2.35. The Bertz CT molecular complexity index is 2850. The first-order chi connectivity index (χ1) is 23.8. The number of benzene rings is 9. The molecule has 0 fully saturated rings. The molecular weight excluding hydrogens is 583 g/mol. The van der Waals surface area contributed by atoms with Crippen LogP contribution in [0.5, 0.6) is 0 Å². The van der Waals surface area contributed by atoms with Crippen LogP contribution in [0.25, 0.3) is 76.2 Å². The van der Waals surface area contributed by atoms with Gasteiger partial charge in [0.05, 0.1) is 5.69 Å². The molecule has 0 aliphatic carbocycles. The zero-order chi connectivity index (χ0) is 31.6. The lowest BCUT2D eigenvalue weighted by molar-refractivity contribution is 0.669. The van der Waals surface area contributed by atoms with Crippen molar-refractivity contribution in [3.05, 3.63) is 176 Å². The summed E-state index contributed by atoms with van der Waals surface area (Å²) in [5.41, 5.74) is 7.27. The van der Waals surface area contributed by atoms with Gasteiger partial charge in [-0.15, -0.1) is 0 Å². The lowest BCUT2D eigenvalue weighted by Gasteiger charge is -2.26. The number of anilines is 3. The fraction of sp³-hybridized carbons (Fsp3) is 0.